The van der Waals surface area contributed by atoms with Crippen molar-refractivity contribution in [2.75, 3.05) is 25.7 Å². The van der Waals surface area contributed by atoms with Crippen LogP contribution in [0.1, 0.15) is 11.1 Å². The van der Waals surface area contributed by atoms with Crippen LogP contribution in [0, 0.1) is 10.1 Å². The number of aromatic nitrogens is 1. The van der Waals surface area contributed by atoms with Gasteiger partial charge in [0.2, 0.25) is 5.91 Å². The van der Waals surface area contributed by atoms with Crippen molar-refractivity contribution >= 4 is 33.3 Å². The monoisotopic (exact) mass is 436 g/mol. The molecule has 0 saturated heterocycles. The lowest BCUT2D eigenvalue weighted by atomic mass is 10.1. The van der Waals surface area contributed by atoms with Crippen molar-refractivity contribution in [1.29, 1.82) is 0 Å². The lowest BCUT2D eigenvalue weighted by molar-refractivity contribution is -0.385. The van der Waals surface area contributed by atoms with E-state index in [1.54, 1.807) is 30.3 Å². The van der Waals surface area contributed by atoms with Gasteiger partial charge >= 0.3 is 0 Å². The smallest absolute Gasteiger partial charge is 0.270 e. The van der Waals surface area contributed by atoms with Crippen molar-refractivity contribution in [3.63, 3.8) is 0 Å². The average molecular weight is 437 g/mol. The highest BCUT2D eigenvalue weighted by Crippen LogP contribution is 2.33. The zero-order chi connectivity index (χ0) is 19.4. The minimum Gasteiger partial charge on any atom is -0.467 e. The Morgan fingerprint density at radius 3 is 2.96 bits per heavy atom. The van der Waals surface area contributed by atoms with E-state index in [0.29, 0.717) is 29.2 Å². The summed E-state index contributed by atoms with van der Waals surface area (Å²) < 4.78 is 11.5. The third kappa shape index (κ3) is 5.00. The predicted molar refractivity (Wildman–Crippen MR) is 100 cm³/mol. The van der Waals surface area contributed by atoms with Crippen molar-refractivity contribution in [2.45, 2.75) is 13.2 Å². The highest BCUT2D eigenvalue weighted by molar-refractivity contribution is 9.10. The van der Waals surface area contributed by atoms with Crippen LogP contribution in [0.5, 0.6) is 5.75 Å². The predicted octanol–water partition coefficient (Wildman–Crippen LogP) is 2.69. The van der Waals surface area contributed by atoms with E-state index >= 15 is 0 Å². The number of nitrogens with zero attached hydrogens (tertiary/aromatic N) is 3. The number of benzene rings is 1. The SMILES string of the molecule is CN(CC(=O)Nc1ccc(Br)cn1)Cc1cc([N+](=O)[O-])cc2c1OCOC2. The molecule has 0 fully saturated rings. The number of fused-ring (bicyclic) bond motifs is 1. The molecule has 1 aromatic carbocycles. The number of rotatable bonds is 6. The molecule has 0 aliphatic carbocycles. The Balaban J connectivity index is 1.68. The van der Waals surface area contributed by atoms with Gasteiger partial charge in [-0.3, -0.25) is 19.8 Å². The lowest BCUT2D eigenvalue weighted by Crippen LogP contribution is -2.30. The zero-order valence-corrected chi connectivity index (χ0v) is 16.1. The van der Waals surface area contributed by atoms with Crippen LogP contribution >= 0.6 is 15.9 Å². The van der Waals surface area contributed by atoms with E-state index in [1.165, 1.54) is 12.1 Å². The summed E-state index contributed by atoms with van der Waals surface area (Å²) in [5.41, 5.74) is 1.23. The van der Waals surface area contributed by atoms with Crippen LogP contribution in [0.2, 0.25) is 0 Å². The summed E-state index contributed by atoms with van der Waals surface area (Å²) in [6.07, 6.45) is 1.59. The van der Waals surface area contributed by atoms with Crippen molar-refractivity contribution in [3.05, 3.63) is 56.2 Å². The first-order valence-corrected chi connectivity index (χ1v) is 8.82. The van der Waals surface area contributed by atoms with Gasteiger partial charge < -0.3 is 14.8 Å². The zero-order valence-electron chi connectivity index (χ0n) is 14.5. The molecule has 27 heavy (non-hydrogen) atoms. The molecule has 0 saturated carbocycles. The van der Waals surface area contributed by atoms with Gasteiger partial charge in [0, 0.05) is 40.5 Å². The fraction of sp³-hybridized carbons (Fsp3) is 0.294. The van der Waals surface area contributed by atoms with E-state index in [9.17, 15) is 14.9 Å². The van der Waals surface area contributed by atoms with Crippen LogP contribution in [-0.4, -0.2) is 41.1 Å². The van der Waals surface area contributed by atoms with Crippen molar-refractivity contribution in [2.24, 2.45) is 0 Å². The highest BCUT2D eigenvalue weighted by Gasteiger charge is 2.22. The van der Waals surface area contributed by atoms with Crippen LogP contribution in [0.25, 0.3) is 0 Å². The average Bonchev–Trinajstić information content (AvgIpc) is 2.63. The molecule has 0 spiro atoms. The number of nitrogens with one attached hydrogen (secondary N) is 1. The molecular weight excluding hydrogens is 420 g/mol. The van der Waals surface area contributed by atoms with E-state index in [0.717, 1.165) is 4.47 Å². The minimum atomic E-state index is -0.454. The molecule has 1 aliphatic heterocycles. The Kier molecular flexibility index (Phi) is 5.99. The number of pyridine rings is 1. The number of halogens is 1. The van der Waals surface area contributed by atoms with Crippen molar-refractivity contribution in [1.82, 2.24) is 9.88 Å². The van der Waals surface area contributed by atoms with E-state index < -0.39 is 4.92 Å². The van der Waals surface area contributed by atoms with Gasteiger partial charge in [-0.1, -0.05) is 0 Å². The number of ether oxygens (including phenoxy) is 2. The number of nitro groups is 1. The minimum absolute atomic E-state index is 0.0326. The Labute approximate surface area is 163 Å². The molecule has 1 aromatic heterocycles. The van der Waals surface area contributed by atoms with Crippen LogP contribution in [0.3, 0.4) is 0 Å². The molecule has 142 valence electrons. The number of nitro benzene ring substituents is 1. The summed E-state index contributed by atoms with van der Waals surface area (Å²) in [5.74, 6) is 0.786. The van der Waals surface area contributed by atoms with Gasteiger partial charge in [-0.15, -0.1) is 0 Å². The van der Waals surface area contributed by atoms with Crippen LogP contribution < -0.4 is 10.1 Å². The fourth-order valence-electron chi connectivity index (χ4n) is 2.73. The first kappa shape index (κ1) is 19.2. The maximum absolute atomic E-state index is 12.2. The van der Waals surface area contributed by atoms with Crippen LogP contribution in [-0.2, 0) is 22.7 Å². The summed E-state index contributed by atoms with van der Waals surface area (Å²) in [6.45, 7) is 0.748. The van der Waals surface area contributed by atoms with Crippen molar-refractivity contribution in [3.8, 4) is 5.75 Å². The molecule has 1 N–H and O–H groups in total. The van der Waals surface area contributed by atoms with Gasteiger partial charge in [-0.2, -0.15) is 0 Å². The molecule has 1 aliphatic rings. The van der Waals surface area contributed by atoms with Crippen LogP contribution in [0.15, 0.2) is 34.9 Å². The summed E-state index contributed by atoms with van der Waals surface area (Å²) in [7, 11) is 1.75. The number of non-ortho nitro benzene ring substituents is 1. The summed E-state index contributed by atoms with van der Waals surface area (Å²) in [5, 5.41) is 13.9. The van der Waals surface area contributed by atoms with Crippen LogP contribution in [0.4, 0.5) is 11.5 Å². The van der Waals surface area contributed by atoms with E-state index in [4.69, 9.17) is 9.47 Å². The van der Waals surface area contributed by atoms with Crippen molar-refractivity contribution < 1.29 is 19.2 Å². The maximum atomic E-state index is 12.2. The number of carbonyl (C=O) groups excluding carboxylic acids is 1. The van der Waals surface area contributed by atoms with E-state index in [-0.39, 0.29) is 31.5 Å². The Morgan fingerprint density at radius 2 is 2.26 bits per heavy atom. The molecule has 1 amide bonds. The molecule has 0 unspecified atom stereocenters. The number of anilines is 1. The second kappa shape index (κ2) is 8.42. The third-order valence-corrected chi connectivity index (χ3v) is 4.30. The standard InChI is InChI=1S/C17H17BrN4O5/c1-21(8-16(23)20-15-3-2-13(18)6-19-15)7-11-4-14(22(24)25)5-12-9-26-10-27-17(11)12/h2-6H,7-10H2,1H3,(H,19,20,23). The largest absolute Gasteiger partial charge is 0.467 e. The molecular formula is C17H17BrN4O5. The summed E-state index contributed by atoms with van der Waals surface area (Å²) >= 11 is 3.28. The number of carbonyl (C=O) groups is 1. The molecule has 2 heterocycles. The molecule has 0 bridgehead atoms. The highest BCUT2D eigenvalue weighted by atomic mass is 79.9. The first-order chi connectivity index (χ1) is 12.9. The topological polar surface area (TPSA) is 107 Å². The molecule has 3 rings (SSSR count). The van der Waals surface area contributed by atoms with E-state index in [1.807, 2.05) is 0 Å². The van der Waals surface area contributed by atoms with Gasteiger partial charge in [0.25, 0.3) is 5.69 Å². The number of hydrogen-bond donors (Lipinski definition) is 1. The second-order valence-electron chi connectivity index (χ2n) is 6.04. The molecule has 0 radical (unpaired) electrons. The number of hydrogen-bond acceptors (Lipinski definition) is 7. The van der Waals surface area contributed by atoms with E-state index in [2.05, 4.69) is 26.2 Å². The molecule has 9 nitrogen and oxygen atoms in total. The Hall–Kier alpha value is -2.56. The Morgan fingerprint density at radius 1 is 1.44 bits per heavy atom. The van der Waals surface area contributed by atoms with Gasteiger partial charge in [0.15, 0.2) is 6.79 Å². The quantitative estimate of drug-likeness (QED) is 0.547. The third-order valence-electron chi connectivity index (χ3n) is 3.83. The summed E-state index contributed by atoms with van der Waals surface area (Å²) in [4.78, 5) is 28.7. The lowest BCUT2D eigenvalue weighted by Gasteiger charge is -2.23. The first-order valence-electron chi connectivity index (χ1n) is 8.03. The Bertz CT molecular complexity index is 859. The van der Waals surface area contributed by atoms with Gasteiger partial charge in [-0.25, -0.2) is 4.98 Å². The fourth-order valence-corrected chi connectivity index (χ4v) is 2.96. The molecule has 10 heteroatoms. The molecule has 2 aromatic rings. The molecule has 0 atom stereocenters. The summed E-state index contributed by atoms with van der Waals surface area (Å²) in [6, 6.07) is 6.38. The van der Waals surface area contributed by atoms with Gasteiger partial charge in [0.1, 0.15) is 11.6 Å². The van der Waals surface area contributed by atoms with Gasteiger partial charge in [-0.05, 0) is 35.1 Å². The second-order valence-corrected chi connectivity index (χ2v) is 6.96. The normalized spacial score (nSPS) is 13.0. The number of likely N-dealkylation sites (N-methyl/N-ethyl adjacent to an activating group) is 1. The maximum Gasteiger partial charge on any atom is 0.270 e. The number of amides is 1. The van der Waals surface area contributed by atoms with Gasteiger partial charge in [0.05, 0.1) is 18.1 Å².